The van der Waals surface area contributed by atoms with Crippen LogP contribution >= 0.6 is 23.1 Å². The molecule has 0 saturated carbocycles. The van der Waals surface area contributed by atoms with Gasteiger partial charge in [-0.05, 0) is 48.2 Å². The first-order valence-electron chi connectivity index (χ1n) is 9.09. The third-order valence-electron chi connectivity index (χ3n) is 4.59. The van der Waals surface area contributed by atoms with Crippen molar-refractivity contribution in [1.29, 1.82) is 0 Å². The van der Waals surface area contributed by atoms with E-state index in [0.717, 1.165) is 52.3 Å². The molecule has 0 spiro atoms. The van der Waals surface area contributed by atoms with Crippen molar-refractivity contribution in [2.45, 2.75) is 4.90 Å². The van der Waals surface area contributed by atoms with Gasteiger partial charge in [0.05, 0.1) is 15.9 Å². The summed E-state index contributed by atoms with van der Waals surface area (Å²) in [5.41, 5.74) is 0.457. The van der Waals surface area contributed by atoms with Gasteiger partial charge < -0.3 is 5.11 Å². The zero-order valence-electron chi connectivity index (χ0n) is 16.4. The van der Waals surface area contributed by atoms with Crippen molar-refractivity contribution >= 4 is 75.3 Å². The predicted molar refractivity (Wildman–Crippen MR) is 123 cm³/mol. The van der Waals surface area contributed by atoms with E-state index in [1.54, 1.807) is 0 Å². The molecule has 34 heavy (non-hydrogen) atoms. The lowest BCUT2D eigenvalue weighted by atomic mass is 10.2. The molecule has 0 fully saturated rings. The molecule has 10 nitrogen and oxygen atoms in total. The number of aliphatic hydroxyl groups is 1. The monoisotopic (exact) mass is 544 g/mol. The molecule has 2 aliphatic heterocycles. The molecule has 0 unspecified atom stereocenters. The minimum atomic E-state index is -4.76. The van der Waals surface area contributed by atoms with E-state index in [0.29, 0.717) is 10.2 Å². The second-order valence-electron chi connectivity index (χ2n) is 6.97. The first-order chi connectivity index (χ1) is 15.9. The van der Waals surface area contributed by atoms with Gasteiger partial charge in [-0.3, -0.25) is 14.4 Å². The number of nitrogens with zero attached hydrogens (tertiary/aromatic N) is 3. The van der Waals surface area contributed by atoms with Gasteiger partial charge in [0.2, 0.25) is 10.0 Å². The van der Waals surface area contributed by atoms with E-state index in [1.165, 1.54) is 12.1 Å². The number of halogens is 2. The number of thiazole rings is 1. The maximum absolute atomic E-state index is 13.5. The van der Waals surface area contributed by atoms with Crippen LogP contribution in [-0.4, -0.2) is 43.8 Å². The highest BCUT2D eigenvalue weighted by molar-refractivity contribution is 8.16. The largest absolute Gasteiger partial charge is 0.509 e. The van der Waals surface area contributed by atoms with Gasteiger partial charge in [-0.15, -0.1) is 4.40 Å². The molecule has 0 bridgehead atoms. The first-order valence-corrected chi connectivity index (χ1v) is 13.8. The van der Waals surface area contributed by atoms with E-state index in [9.17, 15) is 35.5 Å². The number of amidine groups is 1. The van der Waals surface area contributed by atoms with Gasteiger partial charge in [-0.25, -0.2) is 22.2 Å². The summed E-state index contributed by atoms with van der Waals surface area (Å²) < 4.78 is 83.1. The number of thioether (sulfide) groups is 1. The molecular formula is C18H10F2N4O6S4. The van der Waals surface area contributed by atoms with E-state index >= 15 is 0 Å². The SMILES string of the molecule is O=C1/C(=C(/O)CS(=O)(=O)Nc2nc3ccc(F)cc3s2)S(=O)(=O)N=C2Sc3cc(F)ccc3N12. The standard InChI is InChI=1S/C18H10F2N4O6S4/c19-8-1-3-10-13(5-8)31-17(21-10)22-33(27,28)7-12(25)15-16(26)24-11-4-2-9(20)6-14(11)32-18(24)23-34(15,29)30/h1-6,25H,7H2,(H,21,22)/b15-12-. The van der Waals surface area contributed by atoms with E-state index in [1.807, 2.05) is 0 Å². The first kappa shape index (κ1) is 22.7. The molecule has 1 amide bonds. The summed E-state index contributed by atoms with van der Waals surface area (Å²) in [7, 11) is -9.20. The summed E-state index contributed by atoms with van der Waals surface area (Å²) >= 11 is 1.56. The number of benzene rings is 2. The highest BCUT2D eigenvalue weighted by Crippen LogP contribution is 2.44. The number of hydrogen-bond donors (Lipinski definition) is 2. The van der Waals surface area contributed by atoms with Gasteiger partial charge in [-0.1, -0.05) is 11.3 Å². The van der Waals surface area contributed by atoms with E-state index in [4.69, 9.17) is 0 Å². The average Bonchev–Trinajstić information content (AvgIpc) is 3.24. The predicted octanol–water partition coefficient (Wildman–Crippen LogP) is 2.92. The molecule has 16 heteroatoms. The van der Waals surface area contributed by atoms with Gasteiger partial charge in [0.1, 0.15) is 23.1 Å². The minimum Gasteiger partial charge on any atom is -0.509 e. The molecule has 0 atom stereocenters. The molecule has 3 aromatic rings. The Kier molecular flexibility index (Phi) is 5.16. The summed E-state index contributed by atoms with van der Waals surface area (Å²) in [6.45, 7) is 0. The van der Waals surface area contributed by atoms with Gasteiger partial charge in [0.25, 0.3) is 15.9 Å². The van der Waals surface area contributed by atoms with Gasteiger partial charge in [-0.2, -0.15) is 8.42 Å². The smallest absolute Gasteiger partial charge is 0.293 e. The van der Waals surface area contributed by atoms with Crippen molar-refractivity contribution < 1.29 is 35.5 Å². The number of fused-ring (bicyclic) bond motifs is 4. The van der Waals surface area contributed by atoms with Gasteiger partial charge >= 0.3 is 0 Å². The Morgan fingerprint density at radius 1 is 1.15 bits per heavy atom. The number of aromatic nitrogens is 1. The minimum absolute atomic E-state index is 0.137. The number of rotatable bonds is 4. The number of hydrogen-bond acceptors (Lipinski definition) is 9. The second kappa shape index (κ2) is 7.72. The van der Waals surface area contributed by atoms with Crippen LogP contribution in [0.2, 0.25) is 0 Å². The van der Waals surface area contributed by atoms with Crippen LogP contribution in [0.25, 0.3) is 10.2 Å². The van der Waals surface area contributed by atoms with Crippen LogP contribution < -0.4 is 9.62 Å². The summed E-state index contributed by atoms with van der Waals surface area (Å²) in [5.74, 6) is -4.92. The Bertz CT molecular complexity index is 1680. The lowest BCUT2D eigenvalue weighted by molar-refractivity contribution is -0.113. The number of nitrogens with one attached hydrogen (secondary N) is 1. The Morgan fingerprint density at radius 3 is 2.62 bits per heavy atom. The number of carbonyl (C=O) groups excluding carboxylic acids is 1. The summed E-state index contributed by atoms with van der Waals surface area (Å²) in [4.78, 5) is 16.8. The lowest BCUT2D eigenvalue weighted by Crippen LogP contribution is -2.41. The third kappa shape index (κ3) is 3.91. The van der Waals surface area contributed by atoms with E-state index < -0.39 is 54.0 Å². The topological polar surface area (TPSA) is 146 Å². The molecule has 3 heterocycles. The Hall–Kier alpha value is -3.08. The number of sulfonamides is 2. The fourth-order valence-corrected chi connectivity index (χ4v) is 7.92. The Balaban J connectivity index is 1.48. The second-order valence-corrected chi connectivity index (χ2v) is 12.3. The molecule has 0 saturated heterocycles. The van der Waals surface area contributed by atoms with Crippen LogP contribution in [0.3, 0.4) is 0 Å². The number of carbonyl (C=O) groups is 1. The quantitative estimate of drug-likeness (QED) is 0.377. The van der Waals surface area contributed by atoms with Crippen molar-refractivity contribution in [3.8, 4) is 0 Å². The van der Waals surface area contributed by atoms with Crippen LogP contribution in [0.4, 0.5) is 19.6 Å². The molecule has 2 aliphatic rings. The fourth-order valence-electron chi connectivity index (χ4n) is 3.25. The van der Waals surface area contributed by atoms with E-state index in [-0.39, 0.29) is 20.9 Å². The number of anilines is 2. The summed E-state index contributed by atoms with van der Waals surface area (Å²) in [5, 5.41) is 9.99. The molecule has 1 aromatic heterocycles. The van der Waals surface area contributed by atoms with Crippen LogP contribution in [-0.2, 0) is 24.8 Å². The van der Waals surface area contributed by atoms with Crippen molar-refractivity contribution in [3.05, 3.63) is 58.7 Å². The van der Waals surface area contributed by atoms with Crippen molar-refractivity contribution in [3.63, 3.8) is 0 Å². The van der Waals surface area contributed by atoms with Crippen LogP contribution in [0, 0.1) is 11.6 Å². The molecular weight excluding hydrogens is 534 g/mol. The van der Waals surface area contributed by atoms with Crippen molar-refractivity contribution in [2.75, 3.05) is 15.4 Å². The molecule has 2 aromatic carbocycles. The maximum Gasteiger partial charge on any atom is 0.293 e. The maximum atomic E-state index is 13.5. The molecule has 2 N–H and O–H groups in total. The zero-order valence-corrected chi connectivity index (χ0v) is 19.7. The van der Waals surface area contributed by atoms with Gasteiger partial charge in [0, 0.05) is 4.90 Å². The normalized spacial score (nSPS) is 18.5. The van der Waals surface area contributed by atoms with Crippen LogP contribution in [0.1, 0.15) is 0 Å². The van der Waals surface area contributed by atoms with Crippen molar-refractivity contribution in [2.24, 2.45) is 4.40 Å². The fraction of sp³-hybridized carbons (Fsp3) is 0.0556. The number of aliphatic hydroxyl groups excluding tert-OH is 1. The van der Waals surface area contributed by atoms with Crippen molar-refractivity contribution in [1.82, 2.24) is 4.98 Å². The lowest BCUT2D eigenvalue weighted by Gasteiger charge is -2.22. The average molecular weight is 545 g/mol. The highest BCUT2D eigenvalue weighted by Gasteiger charge is 2.45. The zero-order chi connectivity index (χ0) is 24.4. The Labute approximate surface area is 198 Å². The van der Waals surface area contributed by atoms with Crippen LogP contribution in [0.15, 0.2) is 56.4 Å². The molecule has 0 radical (unpaired) electrons. The summed E-state index contributed by atoms with van der Waals surface area (Å²) in [6, 6.07) is 7.03. The number of amides is 1. The van der Waals surface area contributed by atoms with Gasteiger partial charge in [0.15, 0.2) is 15.2 Å². The molecule has 0 aliphatic carbocycles. The third-order valence-corrected chi connectivity index (χ3v) is 9.27. The summed E-state index contributed by atoms with van der Waals surface area (Å²) in [6.07, 6.45) is 0. The highest BCUT2D eigenvalue weighted by atomic mass is 32.2. The van der Waals surface area contributed by atoms with Crippen LogP contribution in [0.5, 0.6) is 0 Å². The molecule has 176 valence electrons. The van der Waals surface area contributed by atoms with E-state index in [2.05, 4.69) is 14.1 Å². The molecule has 5 rings (SSSR count). The Morgan fingerprint density at radius 2 is 1.85 bits per heavy atom.